The Labute approximate surface area is 126 Å². The van der Waals surface area contributed by atoms with E-state index in [1.165, 1.54) is 0 Å². The molecule has 2 N–H and O–H groups in total. The summed E-state index contributed by atoms with van der Waals surface area (Å²) in [6.45, 7) is 8.51. The van der Waals surface area contributed by atoms with Gasteiger partial charge in [0.1, 0.15) is 0 Å². The van der Waals surface area contributed by atoms with Crippen LogP contribution in [-0.4, -0.2) is 24.5 Å². The summed E-state index contributed by atoms with van der Waals surface area (Å²) in [7, 11) is 1.67. The van der Waals surface area contributed by atoms with Gasteiger partial charge in [-0.05, 0) is 39.3 Å². The number of aryl methyl sites for hydroxylation is 1. The van der Waals surface area contributed by atoms with E-state index in [9.17, 15) is 4.79 Å². The molecule has 0 bridgehead atoms. The van der Waals surface area contributed by atoms with Gasteiger partial charge in [0.15, 0.2) is 0 Å². The molecule has 0 radical (unpaired) electrons. The second-order valence-electron chi connectivity index (χ2n) is 6.03. The first-order chi connectivity index (χ1) is 9.86. The number of benzene rings is 1. The van der Waals surface area contributed by atoms with Crippen LogP contribution in [0.3, 0.4) is 0 Å². The van der Waals surface area contributed by atoms with Gasteiger partial charge in [0.25, 0.3) is 0 Å². The van der Waals surface area contributed by atoms with E-state index in [1.54, 1.807) is 7.05 Å². The molecule has 4 heteroatoms. The van der Waals surface area contributed by atoms with Crippen molar-refractivity contribution in [1.82, 2.24) is 10.3 Å². The van der Waals surface area contributed by atoms with Gasteiger partial charge in [-0.15, -0.1) is 0 Å². The number of amides is 1. The number of nitrogens with one attached hydrogen (secondary N) is 2. The van der Waals surface area contributed by atoms with Gasteiger partial charge in [0.2, 0.25) is 5.91 Å². The maximum absolute atomic E-state index is 11.9. The molecule has 0 saturated carbocycles. The lowest BCUT2D eigenvalue weighted by molar-refractivity contribution is -0.128. The first kappa shape index (κ1) is 15.3. The molecule has 1 heterocycles. The lowest BCUT2D eigenvalue weighted by Crippen LogP contribution is -2.39. The Kier molecular flexibility index (Phi) is 4.16. The zero-order chi connectivity index (χ0) is 15.6. The Bertz CT molecular complexity index is 677. The Morgan fingerprint density at radius 2 is 1.90 bits per heavy atom. The van der Waals surface area contributed by atoms with Crippen LogP contribution in [0.15, 0.2) is 24.3 Å². The number of carbonyl (C=O) groups excluding carboxylic acids is 1. The van der Waals surface area contributed by atoms with Gasteiger partial charge in [-0.25, -0.2) is 0 Å². The summed E-state index contributed by atoms with van der Waals surface area (Å²) in [4.78, 5) is 16.5. The average molecular weight is 285 g/mol. The largest absolute Gasteiger partial charge is 0.383 e. The number of anilines is 1. The van der Waals surface area contributed by atoms with E-state index >= 15 is 0 Å². The standard InChI is InChI=1S/C17H23N3O/c1-11-12(2)20-14-9-7-6-8-13(14)15(11)19-10-17(3,4)16(21)18-5/h6-9H,10H2,1-5H3,(H,18,21)(H,19,20). The van der Waals surface area contributed by atoms with Crippen LogP contribution in [0.2, 0.25) is 0 Å². The highest BCUT2D eigenvalue weighted by atomic mass is 16.2. The predicted octanol–water partition coefficient (Wildman–Crippen LogP) is 3.04. The van der Waals surface area contributed by atoms with Crippen molar-refractivity contribution in [2.24, 2.45) is 5.41 Å². The van der Waals surface area contributed by atoms with Gasteiger partial charge in [-0.3, -0.25) is 9.78 Å². The average Bonchev–Trinajstić information content (AvgIpc) is 2.46. The Hall–Kier alpha value is -2.10. The number of para-hydroxylation sites is 1. The minimum Gasteiger partial charge on any atom is -0.383 e. The number of pyridine rings is 1. The van der Waals surface area contributed by atoms with E-state index in [4.69, 9.17) is 0 Å². The van der Waals surface area contributed by atoms with E-state index in [-0.39, 0.29) is 5.91 Å². The Morgan fingerprint density at radius 3 is 2.57 bits per heavy atom. The summed E-state index contributed by atoms with van der Waals surface area (Å²) in [6, 6.07) is 8.07. The van der Waals surface area contributed by atoms with Crippen molar-refractivity contribution in [3.63, 3.8) is 0 Å². The van der Waals surface area contributed by atoms with E-state index in [2.05, 4.69) is 28.6 Å². The predicted molar refractivity (Wildman–Crippen MR) is 87.6 cm³/mol. The van der Waals surface area contributed by atoms with Crippen LogP contribution in [-0.2, 0) is 4.79 Å². The van der Waals surface area contributed by atoms with Gasteiger partial charge >= 0.3 is 0 Å². The van der Waals surface area contributed by atoms with Crippen LogP contribution in [0.1, 0.15) is 25.1 Å². The van der Waals surface area contributed by atoms with E-state index in [0.29, 0.717) is 6.54 Å². The third kappa shape index (κ3) is 2.99. The van der Waals surface area contributed by atoms with Crippen molar-refractivity contribution in [2.75, 3.05) is 18.9 Å². The van der Waals surface area contributed by atoms with Crippen molar-refractivity contribution in [3.05, 3.63) is 35.5 Å². The van der Waals surface area contributed by atoms with E-state index in [1.807, 2.05) is 39.0 Å². The van der Waals surface area contributed by atoms with Gasteiger partial charge < -0.3 is 10.6 Å². The molecule has 2 rings (SSSR count). The minimum atomic E-state index is -0.473. The summed E-state index contributed by atoms with van der Waals surface area (Å²) in [6.07, 6.45) is 0. The van der Waals surface area contributed by atoms with Crippen LogP contribution < -0.4 is 10.6 Å². The molecule has 21 heavy (non-hydrogen) atoms. The highest BCUT2D eigenvalue weighted by Crippen LogP contribution is 2.29. The molecule has 2 aromatic rings. The third-order valence-corrected chi connectivity index (χ3v) is 3.93. The van der Waals surface area contributed by atoms with Crippen LogP contribution in [0.25, 0.3) is 10.9 Å². The fraction of sp³-hybridized carbons (Fsp3) is 0.412. The zero-order valence-corrected chi connectivity index (χ0v) is 13.4. The Balaban J connectivity index is 2.38. The highest BCUT2D eigenvalue weighted by molar-refractivity contribution is 5.93. The molecule has 1 aromatic carbocycles. The SMILES string of the molecule is CNC(=O)C(C)(C)CNc1c(C)c(C)nc2ccccc12. The summed E-state index contributed by atoms with van der Waals surface area (Å²) in [5.41, 5.74) is 3.70. The van der Waals surface area contributed by atoms with Crippen molar-refractivity contribution >= 4 is 22.5 Å². The number of aromatic nitrogens is 1. The number of hydrogen-bond acceptors (Lipinski definition) is 3. The maximum Gasteiger partial charge on any atom is 0.227 e. The minimum absolute atomic E-state index is 0.0303. The molecular formula is C17H23N3O. The quantitative estimate of drug-likeness (QED) is 0.908. The normalized spacial score (nSPS) is 11.5. The van der Waals surface area contributed by atoms with Crippen molar-refractivity contribution in [2.45, 2.75) is 27.7 Å². The monoisotopic (exact) mass is 285 g/mol. The summed E-state index contributed by atoms with van der Waals surface area (Å²) in [5.74, 6) is 0.0303. The second kappa shape index (κ2) is 5.72. The summed E-state index contributed by atoms with van der Waals surface area (Å²) < 4.78 is 0. The van der Waals surface area contributed by atoms with Crippen molar-refractivity contribution in [1.29, 1.82) is 0 Å². The molecule has 0 atom stereocenters. The molecule has 0 spiro atoms. The maximum atomic E-state index is 11.9. The molecule has 0 aliphatic carbocycles. The first-order valence-corrected chi connectivity index (χ1v) is 7.19. The van der Waals surface area contributed by atoms with Gasteiger partial charge in [0.05, 0.1) is 10.9 Å². The number of nitrogens with zero attached hydrogens (tertiary/aromatic N) is 1. The molecular weight excluding hydrogens is 262 g/mol. The molecule has 0 aliphatic rings. The summed E-state index contributed by atoms with van der Waals surface area (Å²) in [5, 5.41) is 7.26. The van der Waals surface area contributed by atoms with Gasteiger partial charge in [0, 0.05) is 30.4 Å². The number of hydrogen-bond donors (Lipinski definition) is 2. The summed E-state index contributed by atoms with van der Waals surface area (Å²) >= 11 is 0. The van der Waals surface area contributed by atoms with Crippen LogP contribution >= 0.6 is 0 Å². The number of rotatable bonds is 4. The lowest BCUT2D eigenvalue weighted by atomic mass is 9.92. The fourth-order valence-corrected chi connectivity index (χ4v) is 2.39. The lowest BCUT2D eigenvalue weighted by Gasteiger charge is -2.25. The van der Waals surface area contributed by atoms with Crippen molar-refractivity contribution < 1.29 is 4.79 Å². The number of fused-ring (bicyclic) bond motifs is 1. The van der Waals surface area contributed by atoms with Crippen LogP contribution in [0.5, 0.6) is 0 Å². The molecule has 1 amide bonds. The molecule has 0 saturated heterocycles. The van der Waals surface area contributed by atoms with Crippen LogP contribution in [0.4, 0.5) is 5.69 Å². The van der Waals surface area contributed by atoms with E-state index in [0.717, 1.165) is 27.8 Å². The number of carbonyl (C=O) groups is 1. The second-order valence-corrected chi connectivity index (χ2v) is 6.03. The molecule has 0 aliphatic heterocycles. The topological polar surface area (TPSA) is 54.0 Å². The first-order valence-electron chi connectivity index (χ1n) is 7.19. The smallest absolute Gasteiger partial charge is 0.227 e. The Morgan fingerprint density at radius 1 is 1.24 bits per heavy atom. The van der Waals surface area contributed by atoms with Crippen LogP contribution in [0, 0.1) is 19.3 Å². The molecule has 0 unspecified atom stereocenters. The molecule has 1 aromatic heterocycles. The molecule has 4 nitrogen and oxygen atoms in total. The third-order valence-electron chi connectivity index (χ3n) is 3.93. The molecule has 0 fully saturated rings. The van der Waals surface area contributed by atoms with Crippen molar-refractivity contribution in [3.8, 4) is 0 Å². The highest BCUT2D eigenvalue weighted by Gasteiger charge is 2.26. The molecule has 112 valence electrons. The van der Waals surface area contributed by atoms with Gasteiger partial charge in [-0.1, -0.05) is 18.2 Å². The van der Waals surface area contributed by atoms with E-state index < -0.39 is 5.41 Å². The fourth-order valence-electron chi connectivity index (χ4n) is 2.39. The zero-order valence-electron chi connectivity index (χ0n) is 13.4. The van der Waals surface area contributed by atoms with Gasteiger partial charge in [-0.2, -0.15) is 0 Å².